The van der Waals surface area contributed by atoms with Crippen LogP contribution in [0.15, 0.2) is 60.2 Å². The molecule has 0 radical (unpaired) electrons. The zero-order valence-corrected chi connectivity index (χ0v) is 25.7. The molecule has 0 heterocycles. The van der Waals surface area contributed by atoms with E-state index in [1.807, 2.05) is 0 Å². The second kappa shape index (κ2) is 12.9. The summed E-state index contributed by atoms with van der Waals surface area (Å²) in [6, 6.07) is 1.48. The highest BCUT2D eigenvalue weighted by Gasteiger charge is 2.59. The Bertz CT molecular complexity index is 1960. The number of allylic oxidation sites excluding steroid dienone is 4. The van der Waals surface area contributed by atoms with Gasteiger partial charge >= 0.3 is 37.4 Å². The standard InChI is InChI=1S/C31H18F18N2O2/c1-25(29(41,42)43)11-18(15-5-3-13(51)7-24(15)53-31(47,48)49)22(28(38,39)40)10-19(25)17-9-20(26(32,33)34)16(8-21(17)27(35,36)37)14-4-2-12(50)6-23(14)52-30(44,45)46/h2-10H,11,50-51H2,1H3. The number of ether oxygens (including phenoxy) is 2. The van der Waals surface area contributed by atoms with Gasteiger partial charge in [0.05, 0.1) is 22.1 Å². The lowest BCUT2D eigenvalue weighted by molar-refractivity contribution is -0.275. The van der Waals surface area contributed by atoms with E-state index in [2.05, 4.69) is 9.47 Å². The van der Waals surface area contributed by atoms with E-state index in [9.17, 15) is 79.0 Å². The van der Waals surface area contributed by atoms with Crippen LogP contribution in [0.5, 0.6) is 11.5 Å². The lowest BCUT2D eigenvalue weighted by Crippen LogP contribution is -2.40. The molecule has 1 atom stereocenters. The molecule has 53 heavy (non-hydrogen) atoms. The average molecular weight is 792 g/mol. The average Bonchev–Trinajstić information content (AvgIpc) is 2.93. The van der Waals surface area contributed by atoms with E-state index < -0.39 is 140 Å². The minimum absolute atomic E-state index is 0.00977. The van der Waals surface area contributed by atoms with E-state index in [1.165, 1.54) is 0 Å². The van der Waals surface area contributed by atoms with Crippen LogP contribution in [0.25, 0.3) is 22.3 Å². The highest BCUT2D eigenvalue weighted by atomic mass is 19.4. The maximum atomic E-state index is 15.0. The number of nitrogens with two attached hydrogens (primary N) is 2. The summed E-state index contributed by atoms with van der Waals surface area (Å²) in [6.07, 6.45) is -37.9. The quantitative estimate of drug-likeness (QED) is 0.199. The third-order valence-electron chi connectivity index (χ3n) is 7.81. The number of hydrogen-bond acceptors (Lipinski definition) is 4. The van der Waals surface area contributed by atoms with Crippen molar-refractivity contribution in [1.29, 1.82) is 0 Å². The Morgan fingerprint density at radius 2 is 0.943 bits per heavy atom. The number of hydrogen-bond donors (Lipinski definition) is 2. The smallest absolute Gasteiger partial charge is 0.405 e. The van der Waals surface area contributed by atoms with E-state index in [0.29, 0.717) is 24.3 Å². The van der Waals surface area contributed by atoms with Gasteiger partial charge in [-0.3, -0.25) is 0 Å². The lowest BCUT2D eigenvalue weighted by atomic mass is 9.66. The van der Waals surface area contributed by atoms with Crippen LogP contribution >= 0.6 is 0 Å². The van der Waals surface area contributed by atoms with Gasteiger partial charge < -0.3 is 20.9 Å². The van der Waals surface area contributed by atoms with Crippen LogP contribution in [-0.2, 0) is 12.4 Å². The van der Waals surface area contributed by atoms with Crippen LogP contribution in [0.4, 0.5) is 90.4 Å². The second-order valence-corrected chi connectivity index (χ2v) is 11.5. The minimum Gasteiger partial charge on any atom is -0.405 e. The van der Waals surface area contributed by atoms with E-state index in [0.717, 1.165) is 0 Å². The fraction of sp³-hybridized carbons (Fsp3) is 0.290. The summed E-state index contributed by atoms with van der Waals surface area (Å²) < 4.78 is 262. The maximum Gasteiger partial charge on any atom is 0.573 e. The number of benzene rings is 3. The molecule has 0 saturated carbocycles. The highest BCUT2D eigenvalue weighted by Crippen LogP contribution is 2.61. The number of halogens is 18. The Kier molecular flexibility index (Phi) is 9.93. The first-order valence-electron chi connectivity index (χ1n) is 14.0. The molecule has 3 aromatic rings. The van der Waals surface area contributed by atoms with Crippen LogP contribution in [0.3, 0.4) is 0 Å². The zero-order chi connectivity index (χ0) is 40.5. The van der Waals surface area contributed by atoms with Gasteiger partial charge in [-0.25, -0.2) is 0 Å². The van der Waals surface area contributed by atoms with Crippen LogP contribution in [0, 0.1) is 5.41 Å². The predicted octanol–water partition coefficient (Wildman–Crippen LogP) is 11.7. The first-order valence-corrected chi connectivity index (χ1v) is 14.0. The second-order valence-electron chi connectivity index (χ2n) is 11.5. The normalized spacial score (nSPS) is 17.9. The molecule has 0 fully saturated rings. The Morgan fingerprint density at radius 1 is 0.528 bits per heavy atom. The van der Waals surface area contributed by atoms with Gasteiger partial charge in [0.2, 0.25) is 0 Å². The molecule has 22 heteroatoms. The molecule has 1 aliphatic carbocycles. The van der Waals surface area contributed by atoms with Gasteiger partial charge in [-0.15, -0.1) is 26.3 Å². The molecule has 3 aromatic carbocycles. The first-order chi connectivity index (χ1) is 23.7. The van der Waals surface area contributed by atoms with Crippen LogP contribution < -0.4 is 20.9 Å². The summed E-state index contributed by atoms with van der Waals surface area (Å²) in [6.45, 7) is -0.00977. The topological polar surface area (TPSA) is 70.5 Å². The molecule has 0 bridgehead atoms. The Balaban J connectivity index is 2.21. The molecule has 0 aliphatic heterocycles. The predicted molar refractivity (Wildman–Crippen MR) is 150 cm³/mol. The summed E-state index contributed by atoms with van der Waals surface area (Å²) in [7, 11) is 0. The minimum atomic E-state index is -6.02. The van der Waals surface area contributed by atoms with Crippen molar-refractivity contribution in [2.45, 2.75) is 50.8 Å². The Hall–Kier alpha value is -4.92. The largest absolute Gasteiger partial charge is 0.573 e. The molecule has 1 unspecified atom stereocenters. The third-order valence-corrected chi connectivity index (χ3v) is 7.81. The zero-order valence-electron chi connectivity index (χ0n) is 25.7. The van der Waals surface area contributed by atoms with Crippen molar-refractivity contribution < 1.29 is 88.5 Å². The summed E-state index contributed by atoms with van der Waals surface area (Å²) in [5.74, 6) is -3.15. The summed E-state index contributed by atoms with van der Waals surface area (Å²) in [4.78, 5) is 0. The van der Waals surface area contributed by atoms with Crippen LogP contribution in [0.1, 0.15) is 35.6 Å². The Labute approximate surface area is 284 Å². The number of nitrogen functional groups attached to an aromatic ring is 2. The molecule has 0 spiro atoms. The van der Waals surface area contributed by atoms with Crippen molar-refractivity contribution in [1.82, 2.24) is 0 Å². The van der Waals surface area contributed by atoms with Crippen molar-refractivity contribution in [2.24, 2.45) is 5.41 Å². The van der Waals surface area contributed by atoms with Crippen molar-refractivity contribution >= 4 is 22.5 Å². The highest BCUT2D eigenvalue weighted by molar-refractivity contribution is 5.89. The van der Waals surface area contributed by atoms with Crippen molar-refractivity contribution in [3.63, 3.8) is 0 Å². The molecule has 0 saturated heterocycles. The maximum absolute atomic E-state index is 15.0. The molecule has 0 amide bonds. The van der Waals surface area contributed by atoms with Crippen LogP contribution in [0.2, 0.25) is 0 Å². The first kappa shape index (κ1) is 40.8. The van der Waals surface area contributed by atoms with Gasteiger partial charge in [-0.05, 0) is 78.1 Å². The molecule has 1 aliphatic rings. The van der Waals surface area contributed by atoms with Crippen molar-refractivity contribution in [3.8, 4) is 22.6 Å². The number of alkyl halides is 18. The summed E-state index contributed by atoms with van der Waals surface area (Å²) >= 11 is 0. The molecule has 0 aromatic heterocycles. The van der Waals surface area contributed by atoms with Crippen molar-refractivity contribution in [3.05, 3.63) is 82.4 Å². The summed E-state index contributed by atoms with van der Waals surface area (Å²) in [5, 5.41) is 0. The van der Waals surface area contributed by atoms with Gasteiger partial charge in [-0.2, -0.15) is 52.7 Å². The van der Waals surface area contributed by atoms with E-state index >= 15 is 0 Å². The monoisotopic (exact) mass is 792 g/mol. The van der Waals surface area contributed by atoms with Gasteiger partial charge in [0.15, 0.2) is 0 Å². The number of rotatable bonds is 5. The summed E-state index contributed by atoms with van der Waals surface area (Å²) in [5.41, 5.74) is -11.9. The van der Waals surface area contributed by atoms with Crippen molar-refractivity contribution in [2.75, 3.05) is 11.5 Å². The Morgan fingerprint density at radius 3 is 1.36 bits per heavy atom. The van der Waals surface area contributed by atoms with Gasteiger partial charge in [0, 0.05) is 34.6 Å². The van der Waals surface area contributed by atoms with Crippen LogP contribution in [-0.4, -0.2) is 25.1 Å². The number of anilines is 2. The van der Waals surface area contributed by atoms with E-state index in [1.54, 1.807) is 0 Å². The molecular formula is C31H18F18N2O2. The van der Waals surface area contributed by atoms with Gasteiger partial charge in [0.1, 0.15) is 11.5 Å². The molecular weight excluding hydrogens is 774 g/mol. The third kappa shape index (κ3) is 8.66. The van der Waals surface area contributed by atoms with Gasteiger partial charge in [-0.1, -0.05) is 0 Å². The van der Waals surface area contributed by atoms with Gasteiger partial charge in [0.25, 0.3) is 0 Å². The van der Waals surface area contributed by atoms with E-state index in [-0.39, 0.29) is 19.1 Å². The lowest BCUT2D eigenvalue weighted by Gasteiger charge is -2.40. The van der Waals surface area contributed by atoms with E-state index in [4.69, 9.17) is 11.5 Å². The molecule has 4 N–H and O–H groups in total. The SMILES string of the molecule is CC1(C(F)(F)F)CC(c2ccc(N)cc2OC(F)(F)F)=C(C(F)(F)F)C=C1c1cc(C(F)(F)F)c(-c2ccc(N)cc2OC(F)(F)F)cc1C(F)(F)F. The fourth-order valence-corrected chi connectivity index (χ4v) is 5.54. The fourth-order valence-electron chi connectivity index (χ4n) is 5.54. The molecule has 290 valence electrons. The molecule has 4 rings (SSSR count). The molecule has 4 nitrogen and oxygen atoms in total.